The first kappa shape index (κ1) is 11.8. The van der Waals surface area contributed by atoms with E-state index in [2.05, 4.69) is 21.2 Å². The van der Waals surface area contributed by atoms with Gasteiger partial charge in [-0.3, -0.25) is 0 Å². The third-order valence-corrected chi connectivity index (χ3v) is 2.59. The number of hydrogen-bond donors (Lipinski definition) is 1. The molecule has 2 nitrogen and oxygen atoms in total. The molecule has 0 atom stereocenters. The molecule has 0 unspecified atom stereocenters. The van der Waals surface area contributed by atoms with Gasteiger partial charge in [-0.25, -0.2) is 0 Å². The number of halogens is 2. The molecule has 1 rings (SSSR count). The standard InChI is InChI=1S/C10H13BrClNO/c1-14-10-3-2-8(6-9(10)12)4-5-13-7-11/h2-3,6,13H,4-5,7H2,1H3. The van der Waals surface area contributed by atoms with Crippen LogP contribution in [0.5, 0.6) is 5.75 Å². The second-order valence-corrected chi connectivity index (χ2v) is 3.82. The number of ether oxygens (including phenoxy) is 1. The first-order valence-electron chi connectivity index (χ1n) is 4.37. The van der Waals surface area contributed by atoms with Crippen LogP contribution in [0.3, 0.4) is 0 Å². The second kappa shape index (κ2) is 6.27. The normalized spacial score (nSPS) is 10.2. The summed E-state index contributed by atoms with van der Waals surface area (Å²) in [6.45, 7) is 0.938. The highest BCUT2D eigenvalue weighted by Crippen LogP contribution is 2.24. The molecule has 0 saturated carbocycles. The van der Waals surface area contributed by atoms with Gasteiger partial charge in [0.25, 0.3) is 0 Å². The van der Waals surface area contributed by atoms with Gasteiger partial charge in [-0.2, -0.15) is 0 Å². The lowest BCUT2D eigenvalue weighted by Gasteiger charge is -2.06. The highest BCUT2D eigenvalue weighted by Gasteiger charge is 2.00. The third kappa shape index (κ3) is 3.48. The van der Waals surface area contributed by atoms with Crippen LogP contribution in [0.15, 0.2) is 18.2 Å². The molecule has 0 aliphatic heterocycles. The number of methoxy groups -OCH3 is 1. The van der Waals surface area contributed by atoms with Crippen molar-refractivity contribution in [3.05, 3.63) is 28.8 Å². The molecule has 1 aromatic carbocycles. The summed E-state index contributed by atoms with van der Waals surface area (Å²) < 4.78 is 5.07. The summed E-state index contributed by atoms with van der Waals surface area (Å²) in [6.07, 6.45) is 0.968. The average molecular weight is 279 g/mol. The summed E-state index contributed by atoms with van der Waals surface area (Å²) in [4.78, 5) is 0. The first-order chi connectivity index (χ1) is 6.77. The van der Waals surface area contributed by atoms with E-state index < -0.39 is 0 Å². The molecule has 0 radical (unpaired) electrons. The molecule has 0 bridgehead atoms. The van der Waals surface area contributed by atoms with E-state index in [1.54, 1.807) is 7.11 Å². The van der Waals surface area contributed by atoms with E-state index in [9.17, 15) is 0 Å². The van der Waals surface area contributed by atoms with E-state index in [1.807, 2.05) is 18.2 Å². The molecule has 0 saturated heterocycles. The van der Waals surface area contributed by atoms with Crippen molar-refractivity contribution < 1.29 is 4.74 Å². The lowest BCUT2D eigenvalue weighted by molar-refractivity contribution is 0.415. The number of benzene rings is 1. The van der Waals surface area contributed by atoms with Gasteiger partial charge in [0.1, 0.15) is 5.75 Å². The molecule has 0 aliphatic carbocycles. The Hall–Kier alpha value is -0.250. The Kier molecular flexibility index (Phi) is 5.30. The predicted molar refractivity (Wildman–Crippen MR) is 63.5 cm³/mol. The SMILES string of the molecule is COc1ccc(CCNCBr)cc1Cl. The van der Waals surface area contributed by atoms with Crippen LogP contribution in [0.4, 0.5) is 0 Å². The highest BCUT2D eigenvalue weighted by atomic mass is 79.9. The number of nitrogens with one attached hydrogen (secondary N) is 1. The Balaban J connectivity index is 2.57. The summed E-state index contributed by atoms with van der Waals surface area (Å²) in [6, 6.07) is 5.86. The zero-order valence-electron chi connectivity index (χ0n) is 8.02. The lowest BCUT2D eigenvalue weighted by Crippen LogP contribution is -2.14. The van der Waals surface area contributed by atoms with Crippen molar-refractivity contribution in [1.82, 2.24) is 5.32 Å². The van der Waals surface area contributed by atoms with Gasteiger partial charge < -0.3 is 10.1 Å². The van der Waals surface area contributed by atoms with Gasteiger partial charge >= 0.3 is 0 Å². The Morgan fingerprint density at radius 2 is 2.29 bits per heavy atom. The largest absolute Gasteiger partial charge is 0.495 e. The van der Waals surface area contributed by atoms with Crippen LogP contribution in [0, 0.1) is 0 Å². The van der Waals surface area contributed by atoms with Crippen LogP contribution in [-0.2, 0) is 6.42 Å². The molecular weight excluding hydrogens is 265 g/mol. The fourth-order valence-electron chi connectivity index (χ4n) is 1.16. The summed E-state index contributed by atoms with van der Waals surface area (Å²) in [5, 5.41) is 3.86. The van der Waals surface area contributed by atoms with Crippen LogP contribution in [0.1, 0.15) is 5.56 Å². The van der Waals surface area contributed by atoms with Crippen molar-refractivity contribution >= 4 is 27.5 Å². The van der Waals surface area contributed by atoms with E-state index in [1.165, 1.54) is 5.56 Å². The van der Waals surface area contributed by atoms with Gasteiger partial charge in [0.05, 0.1) is 17.6 Å². The Morgan fingerprint density at radius 3 is 2.86 bits per heavy atom. The number of rotatable bonds is 5. The van der Waals surface area contributed by atoms with E-state index in [4.69, 9.17) is 16.3 Å². The maximum Gasteiger partial charge on any atom is 0.137 e. The van der Waals surface area contributed by atoms with Crippen molar-refractivity contribution in [1.29, 1.82) is 0 Å². The monoisotopic (exact) mass is 277 g/mol. The minimum atomic E-state index is 0.670. The Morgan fingerprint density at radius 1 is 1.50 bits per heavy atom. The fourth-order valence-corrected chi connectivity index (χ4v) is 1.73. The lowest BCUT2D eigenvalue weighted by atomic mass is 10.1. The van der Waals surface area contributed by atoms with E-state index >= 15 is 0 Å². The quantitative estimate of drug-likeness (QED) is 0.508. The molecule has 0 fully saturated rings. The van der Waals surface area contributed by atoms with E-state index in [-0.39, 0.29) is 0 Å². The molecule has 0 aliphatic rings. The maximum atomic E-state index is 5.99. The number of alkyl halides is 1. The van der Waals surface area contributed by atoms with E-state index in [0.29, 0.717) is 5.02 Å². The zero-order chi connectivity index (χ0) is 10.4. The molecule has 14 heavy (non-hydrogen) atoms. The van der Waals surface area contributed by atoms with Crippen LogP contribution in [0.25, 0.3) is 0 Å². The molecule has 0 spiro atoms. The molecule has 0 aromatic heterocycles. The van der Waals surface area contributed by atoms with Crippen molar-refractivity contribution in [2.45, 2.75) is 6.42 Å². The highest BCUT2D eigenvalue weighted by molar-refractivity contribution is 9.09. The third-order valence-electron chi connectivity index (χ3n) is 1.90. The summed E-state index contributed by atoms with van der Waals surface area (Å²) >= 11 is 9.29. The second-order valence-electron chi connectivity index (χ2n) is 2.85. The molecule has 1 aromatic rings. The van der Waals surface area contributed by atoms with Crippen LogP contribution >= 0.6 is 27.5 Å². The molecule has 0 amide bonds. The van der Waals surface area contributed by atoms with Crippen molar-refractivity contribution in [2.75, 3.05) is 19.1 Å². The molecule has 4 heteroatoms. The Bertz CT molecular complexity index is 293. The van der Waals surface area contributed by atoms with Crippen molar-refractivity contribution in [2.24, 2.45) is 0 Å². The van der Waals surface area contributed by atoms with Crippen LogP contribution in [0.2, 0.25) is 5.02 Å². The summed E-state index contributed by atoms with van der Waals surface area (Å²) in [7, 11) is 1.62. The summed E-state index contributed by atoms with van der Waals surface area (Å²) in [5.41, 5.74) is 2.03. The van der Waals surface area contributed by atoms with Crippen LogP contribution in [-0.4, -0.2) is 19.1 Å². The van der Waals surface area contributed by atoms with Gasteiger partial charge in [0, 0.05) is 0 Å². The Labute approximate surface area is 97.7 Å². The smallest absolute Gasteiger partial charge is 0.137 e. The zero-order valence-corrected chi connectivity index (χ0v) is 10.4. The number of hydrogen-bond acceptors (Lipinski definition) is 2. The van der Waals surface area contributed by atoms with Gasteiger partial charge in [-0.1, -0.05) is 33.6 Å². The van der Waals surface area contributed by atoms with Gasteiger partial charge in [0.2, 0.25) is 0 Å². The molecule has 78 valence electrons. The van der Waals surface area contributed by atoms with E-state index in [0.717, 1.165) is 24.2 Å². The van der Waals surface area contributed by atoms with Gasteiger partial charge in [0.15, 0.2) is 0 Å². The average Bonchev–Trinajstić information content (AvgIpc) is 2.18. The van der Waals surface area contributed by atoms with Crippen molar-refractivity contribution in [3.63, 3.8) is 0 Å². The van der Waals surface area contributed by atoms with Gasteiger partial charge in [-0.05, 0) is 30.7 Å². The van der Waals surface area contributed by atoms with Gasteiger partial charge in [-0.15, -0.1) is 0 Å². The summed E-state index contributed by atoms with van der Waals surface area (Å²) in [5.74, 6) is 0.726. The molecular formula is C10H13BrClNO. The minimum Gasteiger partial charge on any atom is -0.495 e. The van der Waals surface area contributed by atoms with Crippen molar-refractivity contribution in [3.8, 4) is 5.75 Å². The molecule has 0 heterocycles. The molecule has 1 N–H and O–H groups in total. The maximum absolute atomic E-state index is 5.99. The fraction of sp³-hybridized carbons (Fsp3) is 0.400. The predicted octanol–water partition coefficient (Wildman–Crippen LogP) is 2.83. The first-order valence-corrected chi connectivity index (χ1v) is 5.87. The minimum absolute atomic E-state index is 0.670. The van der Waals surface area contributed by atoms with Crippen LogP contribution < -0.4 is 10.1 Å². The topological polar surface area (TPSA) is 21.3 Å².